The molecule has 8 nitrogen and oxygen atoms in total. The lowest BCUT2D eigenvalue weighted by molar-refractivity contribution is -0.385. The van der Waals surface area contributed by atoms with Crippen LogP contribution in [0, 0.1) is 22.5 Å². The second-order valence-electron chi connectivity index (χ2n) is 5.33. The summed E-state index contributed by atoms with van der Waals surface area (Å²) in [5, 5.41) is 25.9. The van der Waals surface area contributed by atoms with Crippen LogP contribution in [0.2, 0.25) is 0 Å². The van der Waals surface area contributed by atoms with E-state index < -0.39 is 4.92 Å². The summed E-state index contributed by atoms with van der Waals surface area (Å²) < 4.78 is 0. The molecule has 0 saturated heterocycles. The number of aliphatic hydroxyl groups is 1. The van der Waals surface area contributed by atoms with Crippen LogP contribution in [0.3, 0.4) is 0 Å². The molecule has 20 heavy (non-hydrogen) atoms. The first-order valence-electron chi connectivity index (χ1n) is 6.36. The summed E-state index contributed by atoms with van der Waals surface area (Å²) in [5.74, 6) is 0.522. The molecule has 1 aromatic rings. The van der Waals surface area contributed by atoms with Gasteiger partial charge in [-0.15, -0.1) is 0 Å². The van der Waals surface area contributed by atoms with Crippen molar-refractivity contribution >= 4 is 17.5 Å². The predicted molar refractivity (Wildman–Crippen MR) is 76.9 cm³/mol. The summed E-state index contributed by atoms with van der Waals surface area (Å²) >= 11 is 0. The molecule has 0 fully saturated rings. The average molecular weight is 283 g/mol. The monoisotopic (exact) mass is 283 g/mol. The van der Waals surface area contributed by atoms with Gasteiger partial charge in [-0.2, -0.15) is 4.98 Å². The minimum absolute atomic E-state index is 0.0708. The highest BCUT2D eigenvalue weighted by Gasteiger charge is 2.24. The van der Waals surface area contributed by atoms with Gasteiger partial charge in [0.1, 0.15) is 5.69 Å². The zero-order valence-corrected chi connectivity index (χ0v) is 12.2. The van der Waals surface area contributed by atoms with Gasteiger partial charge in [0.05, 0.1) is 4.92 Å². The van der Waals surface area contributed by atoms with E-state index in [9.17, 15) is 10.1 Å². The van der Waals surface area contributed by atoms with E-state index in [4.69, 9.17) is 5.11 Å². The van der Waals surface area contributed by atoms with E-state index in [1.54, 1.807) is 14.0 Å². The minimum Gasteiger partial charge on any atom is -0.396 e. The molecule has 0 aliphatic heterocycles. The Labute approximate surface area is 117 Å². The van der Waals surface area contributed by atoms with E-state index in [-0.39, 0.29) is 23.5 Å². The van der Waals surface area contributed by atoms with Crippen LogP contribution in [0.25, 0.3) is 0 Å². The van der Waals surface area contributed by atoms with Gasteiger partial charge in [-0.3, -0.25) is 10.1 Å². The van der Waals surface area contributed by atoms with Gasteiger partial charge in [0.15, 0.2) is 0 Å². The molecule has 3 N–H and O–H groups in total. The van der Waals surface area contributed by atoms with Crippen molar-refractivity contribution < 1.29 is 10.0 Å². The number of rotatable bonds is 7. The Hall–Kier alpha value is -1.96. The van der Waals surface area contributed by atoms with E-state index in [0.29, 0.717) is 24.6 Å². The van der Waals surface area contributed by atoms with E-state index in [2.05, 4.69) is 20.6 Å². The van der Waals surface area contributed by atoms with Crippen LogP contribution in [-0.2, 0) is 0 Å². The number of aliphatic hydroxyl groups excluding tert-OH is 1. The fraction of sp³-hybridized carbons (Fsp3) is 0.667. The van der Waals surface area contributed by atoms with Gasteiger partial charge in [0, 0.05) is 20.2 Å². The zero-order valence-electron chi connectivity index (χ0n) is 12.2. The Morgan fingerprint density at radius 3 is 2.55 bits per heavy atom. The third-order valence-electron chi connectivity index (χ3n) is 2.99. The lowest BCUT2D eigenvalue weighted by atomic mass is 9.90. The van der Waals surface area contributed by atoms with Crippen molar-refractivity contribution in [2.75, 3.05) is 30.8 Å². The summed E-state index contributed by atoms with van der Waals surface area (Å²) in [5.41, 5.74) is -0.0121. The number of nitrogens with zero attached hydrogens (tertiary/aromatic N) is 3. The number of aryl methyl sites for hydroxylation is 1. The van der Waals surface area contributed by atoms with Gasteiger partial charge in [-0.25, -0.2) is 4.98 Å². The summed E-state index contributed by atoms with van der Waals surface area (Å²) in [6.07, 6.45) is 0.594. The van der Waals surface area contributed by atoms with Gasteiger partial charge in [-0.1, -0.05) is 13.8 Å². The molecule has 0 unspecified atom stereocenters. The lowest BCUT2D eigenvalue weighted by Gasteiger charge is -2.24. The maximum atomic E-state index is 11.1. The van der Waals surface area contributed by atoms with E-state index in [1.807, 2.05) is 13.8 Å². The maximum absolute atomic E-state index is 11.1. The van der Waals surface area contributed by atoms with Crippen LogP contribution >= 0.6 is 0 Å². The van der Waals surface area contributed by atoms with Crippen LogP contribution in [0.5, 0.6) is 0 Å². The third kappa shape index (κ3) is 4.02. The number of aromatic nitrogens is 2. The van der Waals surface area contributed by atoms with Crippen molar-refractivity contribution in [3.63, 3.8) is 0 Å². The lowest BCUT2D eigenvalue weighted by Crippen LogP contribution is -2.25. The SMILES string of the molecule is CNc1nc(C)c([N+](=O)[O-])c(NCC(C)(C)CCO)n1. The van der Waals surface area contributed by atoms with Crippen molar-refractivity contribution in [3.05, 3.63) is 15.8 Å². The molecule has 0 aromatic carbocycles. The molecular weight excluding hydrogens is 262 g/mol. The van der Waals surface area contributed by atoms with Gasteiger partial charge < -0.3 is 15.7 Å². The molecule has 8 heteroatoms. The van der Waals surface area contributed by atoms with Gasteiger partial charge in [0.2, 0.25) is 11.8 Å². The molecule has 112 valence electrons. The Morgan fingerprint density at radius 2 is 2.05 bits per heavy atom. The molecule has 0 atom stereocenters. The molecule has 0 bridgehead atoms. The smallest absolute Gasteiger partial charge is 0.332 e. The van der Waals surface area contributed by atoms with E-state index in [0.717, 1.165) is 0 Å². The highest BCUT2D eigenvalue weighted by molar-refractivity contribution is 5.60. The first kappa shape index (κ1) is 16.1. The van der Waals surface area contributed by atoms with Crippen LogP contribution in [0.4, 0.5) is 17.5 Å². The number of nitro groups is 1. The standard InChI is InChI=1S/C12H21N5O3/c1-8-9(17(19)20)10(16-11(13-4)15-8)14-7-12(2,3)5-6-18/h18H,5-7H2,1-4H3,(H2,13,14,15,16). The van der Waals surface area contributed by atoms with Crippen LogP contribution in [0.1, 0.15) is 26.0 Å². The fourth-order valence-corrected chi connectivity index (χ4v) is 1.73. The average Bonchev–Trinajstić information content (AvgIpc) is 2.35. The Morgan fingerprint density at radius 1 is 1.40 bits per heavy atom. The number of nitrogens with one attached hydrogen (secondary N) is 2. The van der Waals surface area contributed by atoms with E-state index in [1.165, 1.54) is 0 Å². The van der Waals surface area contributed by atoms with Crippen LogP contribution < -0.4 is 10.6 Å². The summed E-state index contributed by atoms with van der Waals surface area (Å²) in [6.45, 7) is 6.05. The quantitative estimate of drug-likeness (QED) is 0.514. The van der Waals surface area contributed by atoms with Gasteiger partial charge in [0.25, 0.3) is 0 Å². The molecule has 1 aromatic heterocycles. The maximum Gasteiger partial charge on any atom is 0.332 e. The number of anilines is 2. The minimum atomic E-state index is -0.490. The first-order chi connectivity index (χ1) is 9.30. The molecule has 0 aliphatic rings. The molecule has 0 amide bonds. The largest absolute Gasteiger partial charge is 0.396 e. The number of hydrogen-bond donors (Lipinski definition) is 3. The molecule has 1 heterocycles. The van der Waals surface area contributed by atoms with Crippen molar-refractivity contribution in [2.45, 2.75) is 27.2 Å². The molecule has 0 spiro atoms. The molecule has 0 radical (unpaired) electrons. The molecule has 0 saturated carbocycles. The topological polar surface area (TPSA) is 113 Å². The first-order valence-corrected chi connectivity index (χ1v) is 6.36. The van der Waals surface area contributed by atoms with Crippen molar-refractivity contribution in [1.29, 1.82) is 0 Å². The van der Waals surface area contributed by atoms with Gasteiger partial charge >= 0.3 is 5.69 Å². The van der Waals surface area contributed by atoms with Crippen molar-refractivity contribution in [1.82, 2.24) is 9.97 Å². The highest BCUT2D eigenvalue weighted by atomic mass is 16.6. The van der Waals surface area contributed by atoms with Gasteiger partial charge in [-0.05, 0) is 18.8 Å². The fourth-order valence-electron chi connectivity index (χ4n) is 1.73. The Kier molecular flexibility index (Phi) is 5.20. The second-order valence-corrected chi connectivity index (χ2v) is 5.33. The van der Waals surface area contributed by atoms with Crippen molar-refractivity contribution in [3.8, 4) is 0 Å². The normalized spacial score (nSPS) is 11.2. The molecule has 0 aliphatic carbocycles. The number of hydrogen-bond acceptors (Lipinski definition) is 7. The zero-order chi connectivity index (χ0) is 15.3. The Bertz CT molecular complexity index is 490. The molecular formula is C12H21N5O3. The predicted octanol–water partition coefficient (Wildman–Crippen LogP) is 1.56. The third-order valence-corrected chi connectivity index (χ3v) is 2.99. The van der Waals surface area contributed by atoms with E-state index >= 15 is 0 Å². The Balaban J connectivity index is 3.03. The summed E-state index contributed by atoms with van der Waals surface area (Å²) in [6, 6.07) is 0. The second kappa shape index (κ2) is 6.47. The van der Waals surface area contributed by atoms with Crippen molar-refractivity contribution in [2.24, 2.45) is 5.41 Å². The summed E-state index contributed by atoms with van der Waals surface area (Å²) in [4.78, 5) is 18.7. The van der Waals surface area contributed by atoms with Crippen LogP contribution in [-0.4, -0.2) is 40.2 Å². The van der Waals surface area contributed by atoms with Crippen LogP contribution in [0.15, 0.2) is 0 Å². The highest BCUT2D eigenvalue weighted by Crippen LogP contribution is 2.28. The molecule has 1 rings (SSSR count). The summed E-state index contributed by atoms with van der Waals surface area (Å²) in [7, 11) is 1.65.